The summed E-state index contributed by atoms with van der Waals surface area (Å²) in [6, 6.07) is 18.5. The van der Waals surface area contributed by atoms with E-state index in [1.807, 2.05) is 32.0 Å². The number of aryl methyl sites for hydroxylation is 1. The quantitative estimate of drug-likeness (QED) is 0.411. The number of hydrogen-bond acceptors (Lipinski definition) is 6. The highest BCUT2D eigenvalue weighted by Gasteiger charge is 2.57. The van der Waals surface area contributed by atoms with Gasteiger partial charge in [0.15, 0.2) is 0 Å². The second-order valence-corrected chi connectivity index (χ2v) is 10.5. The molecule has 190 valence electrons. The number of nitrogens with two attached hydrogens (primary N) is 1. The van der Waals surface area contributed by atoms with E-state index >= 15 is 0 Å². The van der Waals surface area contributed by atoms with Crippen LogP contribution in [0.3, 0.4) is 0 Å². The summed E-state index contributed by atoms with van der Waals surface area (Å²) >= 11 is 0. The largest absolute Gasteiger partial charge is 0.369 e. The van der Waals surface area contributed by atoms with Gasteiger partial charge in [0.1, 0.15) is 17.9 Å². The lowest BCUT2D eigenvalue weighted by Gasteiger charge is -2.52. The summed E-state index contributed by atoms with van der Waals surface area (Å²) in [6.07, 6.45) is 7.00. The van der Waals surface area contributed by atoms with Crippen molar-refractivity contribution in [1.82, 2.24) is 19.9 Å². The molecular formula is C31H29N5O2. The van der Waals surface area contributed by atoms with Gasteiger partial charge in [-0.3, -0.25) is 9.59 Å². The summed E-state index contributed by atoms with van der Waals surface area (Å²) in [5, 5.41) is 0. The fourth-order valence-corrected chi connectivity index (χ4v) is 6.74. The highest BCUT2D eigenvalue weighted by Crippen LogP contribution is 2.56. The minimum absolute atomic E-state index is 0.0168. The van der Waals surface area contributed by atoms with Gasteiger partial charge >= 0.3 is 0 Å². The molecule has 2 aliphatic carbocycles. The van der Waals surface area contributed by atoms with E-state index in [2.05, 4.69) is 46.4 Å². The van der Waals surface area contributed by atoms with Crippen molar-refractivity contribution in [2.75, 3.05) is 0 Å². The molecule has 4 atom stereocenters. The number of hydrogen-bond donors (Lipinski definition) is 1. The number of amides is 1. The van der Waals surface area contributed by atoms with Gasteiger partial charge < -0.3 is 5.73 Å². The second-order valence-electron chi connectivity index (χ2n) is 10.5. The summed E-state index contributed by atoms with van der Waals surface area (Å²) in [5.74, 6) is -1.09. The molecule has 2 N–H and O–H groups in total. The average Bonchev–Trinajstić information content (AvgIpc) is 2.95. The van der Waals surface area contributed by atoms with Gasteiger partial charge in [0.25, 0.3) is 0 Å². The van der Waals surface area contributed by atoms with Gasteiger partial charge in [0.05, 0.1) is 17.3 Å². The van der Waals surface area contributed by atoms with Crippen LogP contribution < -0.4 is 5.73 Å². The standard InChI is InChI=1S/C31H29N5O2/c1-18-26-13-12-24-27(21-10-8-20(9-11-21)22-15-33-17-34-16-22)35-19(2)36-29(24)31(26,23-6-4-3-5-7-23)14-25(28(18)37)30(32)38/h3-11,15-18,25-26H,12-14H2,1-2H3,(H2,32,38)/t18-,25?,26-,31-/m0/s1. The zero-order valence-corrected chi connectivity index (χ0v) is 21.5. The lowest BCUT2D eigenvalue weighted by molar-refractivity contribution is -0.141. The van der Waals surface area contributed by atoms with Crippen molar-refractivity contribution in [2.45, 2.75) is 38.5 Å². The molecule has 7 heteroatoms. The fraction of sp³-hybridized carbons (Fsp3) is 0.290. The lowest BCUT2D eigenvalue weighted by Crippen LogP contribution is -2.55. The smallest absolute Gasteiger partial charge is 0.228 e. The molecule has 2 heterocycles. The molecule has 6 rings (SSSR count). The first kappa shape index (κ1) is 24.1. The number of carbonyl (C=O) groups is 2. The summed E-state index contributed by atoms with van der Waals surface area (Å²) < 4.78 is 0. The van der Waals surface area contributed by atoms with Crippen molar-refractivity contribution in [3.8, 4) is 22.4 Å². The van der Waals surface area contributed by atoms with Crippen molar-refractivity contribution in [3.63, 3.8) is 0 Å². The topological polar surface area (TPSA) is 112 Å². The molecule has 2 aliphatic rings. The maximum Gasteiger partial charge on any atom is 0.228 e. The van der Waals surface area contributed by atoms with Gasteiger partial charge in [0, 0.05) is 40.4 Å². The van der Waals surface area contributed by atoms with Gasteiger partial charge in [-0.25, -0.2) is 19.9 Å². The minimum atomic E-state index is -0.849. The number of aromatic nitrogens is 4. The van der Waals surface area contributed by atoms with Gasteiger partial charge in [-0.1, -0.05) is 61.5 Å². The van der Waals surface area contributed by atoms with Crippen LogP contribution in [0.4, 0.5) is 0 Å². The predicted molar refractivity (Wildman–Crippen MR) is 144 cm³/mol. The van der Waals surface area contributed by atoms with E-state index in [1.165, 1.54) is 6.33 Å². The van der Waals surface area contributed by atoms with Crippen molar-refractivity contribution in [3.05, 3.63) is 96.0 Å². The second kappa shape index (κ2) is 9.24. The van der Waals surface area contributed by atoms with Crippen molar-refractivity contribution in [2.24, 2.45) is 23.5 Å². The number of benzene rings is 2. The monoisotopic (exact) mass is 503 g/mol. The Hall–Kier alpha value is -4.26. The van der Waals surface area contributed by atoms with Crippen LogP contribution in [0.15, 0.2) is 73.3 Å². The molecule has 1 fully saturated rings. The highest BCUT2D eigenvalue weighted by atomic mass is 16.2. The van der Waals surface area contributed by atoms with E-state index in [1.54, 1.807) is 12.4 Å². The summed E-state index contributed by atoms with van der Waals surface area (Å²) in [6.45, 7) is 3.86. The van der Waals surface area contributed by atoms with Crippen LogP contribution in [0.25, 0.3) is 22.4 Å². The number of ketones is 1. The Labute approximate surface area is 221 Å². The summed E-state index contributed by atoms with van der Waals surface area (Å²) in [4.78, 5) is 44.0. The van der Waals surface area contributed by atoms with Gasteiger partial charge in [-0.05, 0) is 43.2 Å². The minimum Gasteiger partial charge on any atom is -0.369 e. The van der Waals surface area contributed by atoms with Gasteiger partial charge in [-0.2, -0.15) is 0 Å². The third-order valence-corrected chi connectivity index (χ3v) is 8.49. The maximum absolute atomic E-state index is 13.3. The zero-order chi connectivity index (χ0) is 26.4. The molecule has 1 saturated carbocycles. The molecule has 7 nitrogen and oxygen atoms in total. The number of Topliss-reactive ketones (excluding diaryl/α,β-unsaturated/α-hetero) is 1. The normalized spacial score (nSPS) is 24.4. The molecule has 4 aromatic rings. The van der Waals surface area contributed by atoms with E-state index in [9.17, 15) is 9.59 Å². The Bertz CT molecular complexity index is 1520. The molecule has 2 aromatic heterocycles. The van der Waals surface area contributed by atoms with Gasteiger partial charge in [0.2, 0.25) is 5.91 Å². The number of primary amides is 1. The SMILES string of the molecule is Cc1nc(-c2ccc(-c3cncnc3)cc2)c2c(n1)[C@]1(c3ccccc3)CC(C(N)=O)C(=O)[C@@H](C)[C@@H]1CC2. The van der Waals surface area contributed by atoms with Crippen LogP contribution in [0.2, 0.25) is 0 Å². The number of nitrogens with zero attached hydrogens (tertiary/aromatic N) is 4. The number of fused-ring (bicyclic) bond motifs is 3. The van der Waals surface area contributed by atoms with E-state index in [-0.39, 0.29) is 17.6 Å². The van der Waals surface area contributed by atoms with Crippen molar-refractivity contribution < 1.29 is 9.59 Å². The molecule has 0 spiro atoms. The van der Waals surface area contributed by atoms with Crippen molar-refractivity contribution in [1.29, 1.82) is 0 Å². The molecule has 1 unspecified atom stereocenters. The van der Waals surface area contributed by atoms with Gasteiger partial charge in [-0.15, -0.1) is 0 Å². The molecule has 1 amide bonds. The summed E-state index contributed by atoms with van der Waals surface area (Å²) in [5.41, 5.74) is 12.2. The van der Waals surface area contributed by atoms with E-state index in [4.69, 9.17) is 15.7 Å². The predicted octanol–water partition coefficient (Wildman–Crippen LogP) is 4.47. The van der Waals surface area contributed by atoms with Crippen LogP contribution >= 0.6 is 0 Å². The first-order chi connectivity index (χ1) is 18.4. The molecule has 0 radical (unpaired) electrons. The molecule has 38 heavy (non-hydrogen) atoms. The summed E-state index contributed by atoms with van der Waals surface area (Å²) in [7, 11) is 0. The third kappa shape index (κ3) is 3.72. The average molecular weight is 504 g/mol. The Morgan fingerprint density at radius 1 is 0.947 bits per heavy atom. The van der Waals surface area contributed by atoms with Crippen LogP contribution in [-0.2, 0) is 21.4 Å². The molecule has 2 aromatic carbocycles. The van der Waals surface area contributed by atoms with Crippen LogP contribution in [0.5, 0.6) is 0 Å². The fourth-order valence-electron chi connectivity index (χ4n) is 6.74. The first-order valence-corrected chi connectivity index (χ1v) is 13.0. The van der Waals surface area contributed by atoms with E-state index in [0.717, 1.165) is 52.0 Å². The first-order valence-electron chi connectivity index (χ1n) is 13.0. The van der Waals surface area contributed by atoms with Crippen LogP contribution in [0.1, 0.15) is 42.4 Å². The Morgan fingerprint density at radius 3 is 2.32 bits per heavy atom. The Kier molecular flexibility index (Phi) is 5.86. The van der Waals surface area contributed by atoms with E-state index < -0.39 is 17.2 Å². The zero-order valence-electron chi connectivity index (χ0n) is 21.5. The lowest BCUT2D eigenvalue weighted by atomic mass is 9.50. The molecule has 0 aliphatic heterocycles. The maximum atomic E-state index is 13.3. The third-order valence-electron chi connectivity index (χ3n) is 8.49. The van der Waals surface area contributed by atoms with E-state index in [0.29, 0.717) is 12.2 Å². The van der Waals surface area contributed by atoms with Crippen LogP contribution in [0, 0.1) is 24.7 Å². The van der Waals surface area contributed by atoms with Crippen LogP contribution in [-0.4, -0.2) is 31.6 Å². The Balaban J connectivity index is 1.55. The molecule has 0 bridgehead atoms. The molecular weight excluding hydrogens is 474 g/mol. The number of carbonyl (C=O) groups excluding carboxylic acids is 2. The Morgan fingerprint density at radius 2 is 1.63 bits per heavy atom. The highest BCUT2D eigenvalue weighted by molar-refractivity contribution is 6.03. The number of rotatable bonds is 4. The molecule has 0 saturated heterocycles. The van der Waals surface area contributed by atoms with Crippen molar-refractivity contribution >= 4 is 11.7 Å².